The van der Waals surface area contributed by atoms with E-state index in [0.29, 0.717) is 16.8 Å². The SMILES string of the molecule is CCNCc1ccccc1Oc1ccc(Br)cc1F. The second-order valence-corrected chi connectivity index (χ2v) is 4.98. The minimum atomic E-state index is -0.382. The fraction of sp³-hybridized carbons (Fsp3) is 0.200. The lowest BCUT2D eigenvalue weighted by Gasteiger charge is -2.12. The van der Waals surface area contributed by atoms with Crippen molar-refractivity contribution in [3.05, 3.63) is 58.3 Å². The summed E-state index contributed by atoms with van der Waals surface area (Å²) in [6, 6.07) is 12.4. The molecule has 0 aliphatic carbocycles. The maximum absolute atomic E-state index is 13.7. The van der Waals surface area contributed by atoms with Gasteiger partial charge in [0.15, 0.2) is 11.6 Å². The second kappa shape index (κ2) is 6.68. The molecule has 2 rings (SSSR count). The fourth-order valence-electron chi connectivity index (χ4n) is 1.69. The maximum atomic E-state index is 13.7. The fourth-order valence-corrected chi connectivity index (χ4v) is 2.02. The van der Waals surface area contributed by atoms with Crippen molar-refractivity contribution in [2.24, 2.45) is 0 Å². The minimum Gasteiger partial charge on any atom is -0.454 e. The zero-order chi connectivity index (χ0) is 13.7. The van der Waals surface area contributed by atoms with E-state index in [1.807, 2.05) is 31.2 Å². The first-order chi connectivity index (χ1) is 9.20. The van der Waals surface area contributed by atoms with Crippen LogP contribution in [0.15, 0.2) is 46.9 Å². The molecule has 0 heterocycles. The Kier molecular flexibility index (Phi) is 4.93. The Labute approximate surface area is 120 Å². The van der Waals surface area contributed by atoms with Gasteiger partial charge in [0.1, 0.15) is 5.75 Å². The molecular weight excluding hydrogens is 309 g/mol. The molecule has 0 amide bonds. The third-order valence-corrected chi connectivity index (χ3v) is 3.15. The Morgan fingerprint density at radius 3 is 2.68 bits per heavy atom. The van der Waals surface area contributed by atoms with E-state index >= 15 is 0 Å². The van der Waals surface area contributed by atoms with Crippen molar-refractivity contribution < 1.29 is 9.13 Å². The summed E-state index contributed by atoms with van der Waals surface area (Å²) in [5.41, 5.74) is 1.01. The van der Waals surface area contributed by atoms with E-state index in [-0.39, 0.29) is 11.6 Å². The summed E-state index contributed by atoms with van der Waals surface area (Å²) >= 11 is 3.22. The highest BCUT2D eigenvalue weighted by molar-refractivity contribution is 9.10. The van der Waals surface area contributed by atoms with Gasteiger partial charge in [0.25, 0.3) is 0 Å². The highest BCUT2D eigenvalue weighted by atomic mass is 79.9. The van der Waals surface area contributed by atoms with E-state index in [1.165, 1.54) is 6.07 Å². The third-order valence-electron chi connectivity index (χ3n) is 2.65. The summed E-state index contributed by atoms with van der Waals surface area (Å²) in [5.74, 6) is 0.518. The van der Waals surface area contributed by atoms with E-state index in [2.05, 4.69) is 21.2 Å². The molecule has 0 unspecified atom stereocenters. The van der Waals surface area contributed by atoms with Gasteiger partial charge in [0.05, 0.1) is 0 Å². The lowest BCUT2D eigenvalue weighted by Crippen LogP contribution is -2.12. The van der Waals surface area contributed by atoms with Crippen molar-refractivity contribution in [3.8, 4) is 11.5 Å². The van der Waals surface area contributed by atoms with Crippen LogP contribution < -0.4 is 10.1 Å². The van der Waals surface area contributed by atoms with Crippen LogP contribution in [0.25, 0.3) is 0 Å². The predicted molar refractivity (Wildman–Crippen MR) is 78.0 cm³/mol. The van der Waals surface area contributed by atoms with Crippen LogP contribution >= 0.6 is 15.9 Å². The highest BCUT2D eigenvalue weighted by Gasteiger charge is 2.08. The number of rotatable bonds is 5. The summed E-state index contributed by atoms with van der Waals surface area (Å²) in [5, 5.41) is 3.23. The monoisotopic (exact) mass is 323 g/mol. The molecule has 4 heteroatoms. The van der Waals surface area contributed by atoms with Crippen LogP contribution in [0.1, 0.15) is 12.5 Å². The molecule has 2 aromatic rings. The number of ether oxygens (including phenoxy) is 1. The van der Waals surface area contributed by atoms with Crippen LogP contribution in [0, 0.1) is 5.82 Å². The average molecular weight is 324 g/mol. The minimum absolute atomic E-state index is 0.229. The van der Waals surface area contributed by atoms with Gasteiger partial charge in [-0.3, -0.25) is 0 Å². The summed E-state index contributed by atoms with van der Waals surface area (Å²) in [6.45, 7) is 3.61. The normalized spacial score (nSPS) is 10.5. The largest absolute Gasteiger partial charge is 0.454 e. The Morgan fingerprint density at radius 2 is 1.95 bits per heavy atom. The van der Waals surface area contributed by atoms with Gasteiger partial charge in [-0.25, -0.2) is 4.39 Å². The molecule has 100 valence electrons. The molecule has 0 atom stereocenters. The molecule has 0 aliphatic heterocycles. The number of halogens is 2. The Morgan fingerprint density at radius 1 is 1.16 bits per heavy atom. The van der Waals surface area contributed by atoms with E-state index in [0.717, 1.165) is 12.1 Å². The van der Waals surface area contributed by atoms with E-state index < -0.39 is 0 Å². The van der Waals surface area contributed by atoms with Crippen molar-refractivity contribution >= 4 is 15.9 Å². The van der Waals surface area contributed by atoms with Crippen LogP contribution in [-0.4, -0.2) is 6.54 Å². The molecule has 2 nitrogen and oxygen atoms in total. The molecule has 0 radical (unpaired) electrons. The summed E-state index contributed by atoms with van der Waals surface area (Å²) in [4.78, 5) is 0. The van der Waals surface area contributed by atoms with Crippen molar-refractivity contribution in [3.63, 3.8) is 0 Å². The lowest BCUT2D eigenvalue weighted by molar-refractivity contribution is 0.436. The van der Waals surface area contributed by atoms with Gasteiger partial charge in [-0.05, 0) is 30.8 Å². The standard InChI is InChI=1S/C15H15BrFNO/c1-2-18-10-11-5-3-4-6-14(11)19-15-8-7-12(16)9-13(15)17/h3-9,18H,2,10H2,1H3. The van der Waals surface area contributed by atoms with Crippen molar-refractivity contribution in [1.82, 2.24) is 5.32 Å². The average Bonchev–Trinajstić information content (AvgIpc) is 2.41. The highest BCUT2D eigenvalue weighted by Crippen LogP contribution is 2.29. The predicted octanol–water partition coefficient (Wildman–Crippen LogP) is 4.49. The Balaban J connectivity index is 2.22. The second-order valence-electron chi connectivity index (χ2n) is 4.06. The summed E-state index contributed by atoms with van der Waals surface area (Å²) in [6.07, 6.45) is 0. The molecule has 0 bridgehead atoms. The van der Waals surface area contributed by atoms with Gasteiger partial charge in [0, 0.05) is 16.6 Å². The molecule has 0 fully saturated rings. The van der Waals surface area contributed by atoms with Gasteiger partial charge < -0.3 is 10.1 Å². The van der Waals surface area contributed by atoms with Gasteiger partial charge in [-0.1, -0.05) is 41.1 Å². The molecule has 19 heavy (non-hydrogen) atoms. The molecule has 0 aliphatic rings. The summed E-state index contributed by atoms with van der Waals surface area (Å²) < 4.78 is 20.1. The third kappa shape index (κ3) is 3.78. The van der Waals surface area contributed by atoms with Gasteiger partial charge in [0.2, 0.25) is 0 Å². The smallest absolute Gasteiger partial charge is 0.166 e. The molecule has 1 N–H and O–H groups in total. The van der Waals surface area contributed by atoms with Gasteiger partial charge >= 0.3 is 0 Å². The van der Waals surface area contributed by atoms with Crippen LogP contribution in [0.5, 0.6) is 11.5 Å². The van der Waals surface area contributed by atoms with Crippen molar-refractivity contribution in [1.29, 1.82) is 0 Å². The number of para-hydroxylation sites is 1. The maximum Gasteiger partial charge on any atom is 0.166 e. The van der Waals surface area contributed by atoms with Crippen LogP contribution in [0.3, 0.4) is 0 Å². The van der Waals surface area contributed by atoms with Crippen LogP contribution in [-0.2, 0) is 6.54 Å². The lowest BCUT2D eigenvalue weighted by atomic mass is 10.2. The first kappa shape index (κ1) is 14.0. The van der Waals surface area contributed by atoms with E-state index in [1.54, 1.807) is 12.1 Å². The Hall–Kier alpha value is -1.39. The first-order valence-electron chi connectivity index (χ1n) is 6.12. The molecule has 0 spiro atoms. The topological polar surface area (TPSA) is 21.3 Å². The number of nitrogens with one attached hydrogen (secondary N) is 1. The van der Waals surface area contributed by atoms with E-state index in [9.17, 15) is 4.39 Å². The number of hydrogen-bond donors (Lipinski definition) is 1. The van der Waals surface area contributed by atoms with Crippen molar-refractivity contribution in [2.45, 2.75) is 13.5 Å². The zero-order valence-corrected chi connectivity index (χ0v) is 12.2. The molecule has 0 saturated heterocycles. The molecule has 0 saturated carbocycles. The first-order valence-corrected chi connectivity index (χ1v) is 6.91. The molecular formula is C15H15BrFNO. The number of hydrogen-bond acceptors (Lipinski definition) is 2. The number of benzene rings is 2. The molecule has 0 aromatic heterocycles. The van der Waals surface area contributed by atoms with Gasteiger partial charge in [-0.15, -0.1) is 0 Å². The zero-order valence-electron chi connectivity index (χ0n) is 10.6. The molecule has 2 aromatic carbocycles. The Bertz CT molecular complexity index is 560. The van der Waals surface area contributed by atoms with Crippen LogP contribution in [0.2, 0.25) is 0 Å². The van der Waals surface area contributed by atoms with Crippen molar-refractivity contribution in [2.75, 3.05) is 6.54 Å². The van der Waals surface area contributed by atoms with E-state index in [4.69, 9.17) is 4.74 Å². The quantitative estimate of drug-likeness (QED) is 0.875. The van der Waals surface area contributed by atoms with Crippen LogP contribution in [0.4, 0.5) is 4.39 Å². The van der Waals surface area contributed by atoms with Gasteiger partial charge in [-0.2, -0.15) is 0 Å². The summed E-state index contributed by atoms with van der Waals surface area (Å²) in [7, 11) is 0.